The second-order valence-electron chi connectivity index (χ2n) is 19.3. The van der Waals surface area contributed by atoms with Gasteiger partial charge in [-0.3, -0.25) is 19.2 Å². The van der Waals surface area contributed by atoms with Crippen LogP contribution in [0.25, 0.3) is 5.57 Å². The second-order valence-corrected chi connectivity index (χ2v) is 26.4. The predicted molar refractivity (Wildman–Crippen MR) is 288 cm³/mol. The van der Waals surface area contributed by atoms with Crippen molar-refractivity contribution in [3.63, 3.8) is 0 Å². The first-order valence-electron chi connectivity index (χ1n) is 24.6. The Morgan fingerprint density at radius 1 is 0.851 bits per heavy atom. The lowest BCUT2D eigenvalue weighted by Crippen LogP contribution is -2.49. The van der Waals surface area contributed by atoms with Crippen molar-refractivity contribution < 1.29 is 48.4 Å². The number of amides is 1. The standard InChI is InChI=1S/C52H65ClF3N6O8PS3/c1-6-69-71(64,70-7-2)38(3)61-29-25-60(26-30-61)36-43(37-72-45-11-9-8-10-12-45)57-48-22-21-46(33-49(48)73(65,66)52(54,55)56)74(67,68)58-50(63)40-15-19-44(20-16-40)62-31-27-59(28-32-62)35-41-34-51(4,5)24-23-47(41)39-13-17-42(53)18-14-39/h8-22,33,43,57H,3,6-7,23-32,34-37H2,1-2,4-5H3,(H,58,63). The maximum absolute atomic E-state index is 14.4. The number of nitrogens with one attached hydrogen (secondary N) is 2. The molecule has 22 heteroatoms. The summed E-state index contributed by atoms with van der Waals surface area (Å²) in [4.78, 5) is 20.6. The molecule has 402 valence electrons. The lowest BCUT2D eigenvalue weighted by Gasteiger charge is -2.39. The highest BCUT2D eigenvalue weighted by atomic mass is 35.5. The number of benzene rings is 4. The minimum Gasteiger partial charge on any atom is -0.379 e. The van der Waals surface area contributed by atoms with E-state index in [-0.39, 0.29) is 41.9 Å². The Bertz CT molecular complexity index is 2910. The van der Waals surface area contributed by atoms with E-state index in [0.29, 0.717) is 37.3 Å². The number of hydrogen-bond donors (Lipinski definition) is 2. The van der Waals surface area contributed by atoms with Crippen molar-refractivity contribution in [1.29, 1.82) is 0 Å². The SMILES string of the molecule is C=C(N1CCN(CC(CSc2ccccc2)Nc2ccc(S(=O)(=O)NC(=O)c3ccc(N4CCN(CC5=C(c6ccc(Cl)cc6)CCC(C)(C)C5)CC4)cc3)cc2S(=O)(=O)C(F)(F)F)CC1)P(=O)(OCC)OCC. The third-order valence-corrected chi connectivity index (χ3v) is 19.8. The van der Waals surface area contributed by atoms with E-state index in [1.165, 1.54) is 40.6 Å². The average Bonchev–Trinajstić information content (AvgIpc) is 3.36. The van der Waals surface area contributed by atoms with Gasteiger partial charge in [-0.05, 0) is 116 Å². The molecule has 0 aromatic heterocycles. The monoisotopic (exact) mass is 1120 g/mol. The Labute approximate surface area is 443 Å². The van der Waals surface area contributed by atoms with Crippen LogP contribution < -0.4 is 14.9 Å². The number of sulfonamides is 1. The van der Waals surface area contributed by atoms with Gasteiger partial charge in [0.1, 0.15) is 10.3 Å². The Kier molecular flexibility index (Phi) is 18.8. The average molecular weight is 1120 g/mol. The number of nitrogens with zero attached hydrogens (tertiary/aromatic N) is 4. The van der Waals surface area contributed by atoms with Crippen molar-refractivity contribution in [3.05, 3.63) is 131 Å². The zero-order chi connectivity index (χ0) is 53.5. The Morgan fingerprint density at radius 2 is 1.47 bits per heavy atom. The van der Waals surface area contributed by atoms with E-state index in [4.69, 9.17) is 20.6 Å². The van der Waals surface area contributed by atoms with Crippen LogP contribution in [0.5, 0.6) is 0 Å². The molecule has 2 aliphatic heterocycles. The van der Waals surface area contributed by atoms with Crippen molar-refractivity contribution >= 4 is 73.7 Å². The first kappa shape index (κ1) is 57.3. The fraction of sp³-hybridized carbons (Fsp3) is 0.442. The van der Waals surface area contributed by atoms with Crippen molar-refractivity contribution in [2.24, 2.45) is 5.41 Å². The molecule has 2 heterocycles. The number of carbonyl (C=O) groups excluding carboxylic acids is 1. The van der Waals surface area contributed by atoms with Gasteiger partial charge in [-0.2, -0.15) is 13.2 Å². The van der Waals surface area contributed by atoms with Gasteiger partial charge in [0.25, 0.3) is 25.8 Å². The van der Waals surface area contributed by atoms with Crippen LogP contribution in [0.15, 0.2) is 129 Å². The molecule has 0 spiro atoms. The smallest absolute Gasteiger partial charge is 0.379 e. The molecule has 7 rings (SSSR count). The summed E-state index contributed by atoms with van der Waals surface area (Å²) in [5.41, 5.74) is -1.02. The molecule has 0 saturated carbocycles. The number of hydrogen-bond acceptors (Lipinski definition) is 14. The number of anilines is 2. The van der Waals surface area contributed by atoms with E-state index in [2.05, 4.69) is 47.7 Å². The number of thioether (sulfide) groups is 1. The topological polar surface area (TPSA) is 158 Å². The van der Waals surface area contributed by atoms with Crippen LogP contribution in [-0.4, -0.2) is 133 Å². The zero-order valence-corrected chi connectivity index (χ0v) is 46.2. The summed E-state index contributed by atoms with van der Waals surface area (Å²) in [7, 11) is -14.7. The molecule has 1 atom stereocenters. The maximum Gasteiger partial charge on any atom is 0.501 e. The minimum absolute atomic E-state index is 0.0273. The summed E-state index contributed by atoms with van der Waals surface area (Å²) in [5, 5.41) is 3.70. The summed E-state index contributed by atoms with van der Waals surface area (Å²) in [6.07, 6.45) is 3.12. The summed E-state index contributed by atoms with van der Waals surface area (Å²) in [6, 6.07) is 25.3. The van der Waals surface area contributed by atoms with Crippen LogP contribution in [0.1, 0.15) is 62.9 Å². The van der Waals surface area contributed by atoms with Crippen LogP contribution >= 0.6 is 31.0 Å². The fourth-order valence-corrected chi connectivity index (χ4v) is 14.1. The predicted octanol–water partition coefficient (Wildman–Crippen LogP) is 10.5. The molecule has 14 nitrogen and oxygen atoms in total. The third-order valence-electron chi connectivity index (χ3n) is 13.4. The van der Waals surface area contributed by atoms with E-state index >= 15 is 0 Å². The Morgan fingerprint density at radius 3 is 2.08 bits per heavy atom. The molecule has 3 aliphatic rings. The van der Waals surface area contributed by atoms with E-state index in [0.717, 1.165) is 74.7 Å². The van der Waals surface area contributed by atoms with Gasteiger partial charge in [0.15, 0.2) is 0 Å². The summed E-state index contributed by atoms with van der Waals surface area (Å²) < 4.78 is 124. The number of alkyl halides is 3. The van der Waals surface area contributed by atoms with Crippen molar-refractivity contribution in [2.45, 2.75) is 73.2 Å². The third kappa shape index (κ3) is 14.4. The van der Waals surface area contributed by atoms with E-state index in [1.54, 1.807) is 26.0 Å². The molecule has 0 bridgehead atoms. The molecule has 74 heavy (non-hydrogen) atoms. The summed E-state index contributed by atoms with van der Waals surface area (Å²) in [6.45, 7) is 18.0. The van der Waals surface area contributed by atoms with Crippen LogP contribution in [0.3, 0.4) is 0 Å². The Balaban J connectivity index is 1.03. The first-order chi connectivity index (χ1) is 35.0. The molecular weight excluding hydrogens is 1060 g/mol. The zero-order valence-electron chi connectivity index (χ0n) is 42.1. The molecule has 2 N–H and O–H groups in total. The number of piperazine rings is 2. The fourth-order valence-electron chi connectivity index (χ4n) is 9.47. The van der Waals surface area contributed by atoms with E-state index < -0.39 is 60.4 Å². The van der Waals surface area contributed by atoms with Crippen molar-refractivity contribution in [1.82, 2.24) is 19.4 Å². The molecule has 1 aliphatic carbocycles. The highest BCUT2D eigenvalue weighted by Crippen LogP contribution is 2.56. The van der Waals surface area contributed by atoms with Gasteiger partial charge >= 0.3 is 13.1 Å². The molecule has 0 radical (unpaired) electrons. The van der Waals surface area contributed by atoms with Crippen LogP contribution in [0, 0.1) is 5.41 Å². The minimum atomic E-state index is -6.14. The van der Waals surface area contributed by atoms with E-state index in [9.17, 15) is 39.4 Å². The number of allylic oxidation sites excluding steroid dienone is 1. The molecule has 4 aromatic rings. The molecule has 2 saturated heterocycles. The van der Waals surface area contributed by atoms with Gasteiger partial charge in [0.2, 0.25) is 0 Å². The van der Waals surface area contributed by atoms with Gasteiger partial charge in [0, 0.05) is 98.4 Å². The van der Waals surface area contributed by atoms with Crippen LogP contribution in [0.2, 0.25) is 5.02 Å². The highest BCUT2D eigenvalue weighted by Gasteiger charge is 2.49. The number of sulfone groups is 1. The first-order valence-corrected chi connectivity index (χ1v) is 30.4. The van der Waals surface area contributed by atoms with Gasteiger partial charge in [-0.1, -0.05) is 67.9 Å². The van der Waals surface area contributed by atoms with Crippen molar-refractivity contribution in [2.75, 3.05) is 94.6 Å². The maximum atomic E-state index is 14.4. The number of halogens is 4. The number of rotatable bonds is 21. The summed E-state index contributed by atoms with van der Waals surface area (Å²) >= 11 is 7.59. The molecule has 2 fully saturated rings. The molecule has 4 aromatic carbocycles. The quantitative estimate of drug-likeness (QED) is 0.0600. The Hall–Kier alpha value is -4.37. The molecule has 1 unspecified atom stereocenters. The molecular formula is C52H65ClF3N6O8PS3. The highest BCUT2D eigenvalue weighted by molar-refractivity contribution is 7.99. The summed E-state index contributed by atoms with van der Waals surface area (Å²) in [5.74, 6) is -0.787. The molecule has 1 amide bonds. The van der Waals surface area contributed by atoms with Crippen molar-refractivity contribution in [3.8, 4) is 0 Å². The second kappa shape index (κ2) is 24.3. The number of carbonyl (C=O) groups is 1. The lowest BCUT2D eigenvalue weighted by molar-refractivity contribution is -0.0436. The van der Waals surface area contributed by atoms with Crippen LogP contribution in [-0.2, 0) is 33.5 Å². The van der Waals surface area contributed by atoms with Gasteiger partial charge < -0.3 is 24.2 Å². The van der Waals surface area contributed by atoms with E-state index in [1.807, 2.05) is 57.0 Å². The lowest BCUT2D eigenvalue weighted by atomic mass is 9.73. The van der Waals surface area contributed by atoms with Gasteiger partial charge in [-0.15, -0.1) is 11.8 Å². The largest absolute Gasteiger partial charge is 0.501 e. The normalized spacial score (nSPS) is 17.8. The van der Waals surface area contributed by atoms with Gasteiger partial charge in [-0.25, -0.2) is 21.6 Å². The van der Waals surface area contributed by atoms with Gasteiger partial charge in [0.05, 0.1) is 23.8 Å². The van der Waals surface area contributed by atoms with Crippen LogP contribution in [0.4, 0.5) is 24.5 Å².